The first-order valence-electron chi connectivity index (χ1n) is 45.0. The van der Waals surface area contributed by atoms with Crippen LogP contribution >= 0.6 is 45.2 Å². The summed E-state index contributed by atoms with van der Waals surface area (Å²) >= 11 is 4.48. The normalized spacial score (nSPS) is 13.0. The van der Waals surface area contributed by atoms with Gasteiger partial charge in [-0.2, -0.15) is 19.2 Å². The van der Waals surface area contributed by atoms with Crippen molar-refractivity contribution in [2.24, 2.45) is 0 Å². The van der Waals surface area contributed by atoms with Crippen LogP contribution in [-0.4, -0.2) is 289 Å². The molecule has 15 N–H and O–H groups in total. The number of anilines is 1. The maximum Gasteiger partial charge on any atom is 0.407 e. The predicted octanol–water partition coefficient (Wildman–Crippen LogP) is 7.17. The van der Waals surface area contributed by atoms with E-state index < -0.39 is 161 Å². The zero-order chi connectivity index (χ0) is 113. The van der Waals surface area contributed by atoms with E-state index in [1.54, 1.807) is 138 Å². The Kier molecular flexibility index (Phi) is 79.3. The minimum Gasteiger partial charge on any atom is -0.480 e. The van der Waals surface area contributed by atoms with E-state index >= 15 is 0 Å². The fourth-order valence-corrected chi connectivity index (χ4v) is 11.2. The quantitative estimate of drug-likeness (QED) is 0.00265. The summed E-state index contributed by atoms with van der Waals surface area (Å²) in [5.41, 5.74) is 9.07. The number of aliphatic hydroxyl groups is 1. The van der Waals surface area contributed by atoms with Gasteiger partial charge in [0.15, 0.2) is 0 Å². The van der Waals surface area contributed by atoms with Crippen molar-refractivity contribution in [3.05, 3.63) is 27.3 Å². The Morgan fingerprint density at radius 3 is 1.06 bits per heavy atom. The Labute approximate surface area is 865 Å². The van der Waals surface area contributed by atoms with Crippen molar-refractivity contribution >= 4 is 201 Å². The molecule has 806 valence electrons. The molecular formula is C89H157B5I2N11O35+. The number of amides is 4. The van der Waals surface area contributed by atoms with Crippen LogP contribution in [0.15, 0.2) is 18.2 Å². The van der Waals surface area contributed by atoms with Gasteiger partial charge in [0.25, 0.3) is 32.4 Å². The third kappa shape index (κ3) is 105. The fourth-order valence-electron chi connectivity index (χ4n) is 9.95. The van der Waals surface area contributed by atoms with Crippen molar-refractivity contribution in [3.63, 3.8) is 0 Å². The molecule has 0 saturated carbocycles. The van der Waals surface area contributed by atoms with E-state index in [2.05, 4.69) is 93.7 Å². The molecular weight excluding hydrogens is 2090 g/mol. The third-order valence-electron chi connectivity index (χ3n) is 14.5. The number of esters is 7. The Balaban J connectivity index is -0.000000241. The molecule has 142 heavy (non-hydrogen) atoms. The zero-order valence-electron chi connectivity index (χ0n) is 88.7. The lowest BCUT2D eigenvalue weighted by atomic mass is 9.86. The van der Waals surface area contributed by atoms with E-state index in [0.29, 0.717) is 30.3 Å². The van der Waals surface area contributed by atoms with Crippen LogP contribution in [-0.2, 0) is 134 Å². The number of benzene rings is 1. The first kappa shape index (κ1) is 148. The largest absolute Gasteiger partial charge is 0.480 e. The lowest BCUT2D eigenvalue weighted by Crippen LogP contribution is -2.44. The number of rotatable bonds is 39. The van der Waals surface area contributed by atoms with Crippen LogP contribution in [0.1, 0.15) is 290 Å². The SMILES string of the molecule is CB(O)N[C@@H](C)CC(=O)OC(C)(C)C.CB(O)N[C@@H](CC(=O)ON1C(=O)CCC1=O)CC(=O)OC(C)(C)C.CC(C)(C)OC(=O)C[C@@H](N[B]C=O)C(=O)C=[N+]=N.CC(C)(C)OC(=O)C[C@@H](N[B]C=O)C(=O)O.CC(C)(C)OC(=O)C[C@H](CCI)NC(=O)OC(C)(C)C.CC(C)(C)OC(=O)C[C@H](CCO)NC(=O)OC(C)(C)C.CC[C@@H](CC(=O)OC(C)(C)C)NB(C)O.Cc1ccc(N)cc1I.O=C=O.O=C=O. The first-order chi connectivity index (χ1) is 64.4. The van der Waals surface area contributed by atoms with Crippen molar-refractivity contribution in [2.75, 3.05) is 16.8 Å². The summed E-state index contributed by atoms with van der Waals surface area (Å²) < 4.78 is 48.3. The summed E-state index contributed by atoms with van der Waals surface area (Å²) in [6, 6.07) is 2.15. The second-order valence-corrected chi connectivity index (χ2v) is 42.1. The highest BCUT2D eigenvalue weighted by atomic mass is 127. The van der Waals surface area contributed by atoms with Gasteiger partial charge in [-0.15, -0.1) is 5.06 Å². The number of hydrogen-bond donors (Lipinski definition) is 14. The molecule has 46 nitrogen and oxygen atoms in total. The molecule has 7 atom stereocenters. The van der Waals surface area contributed by atoms with Gasteiger partial charge in [-0.3, -0.25) is 52.7 Å². The molecule has 1 aromatic rings. The van der Waals surface area contributed by atoms with E-state index in [4.69, 9.17) is 98.2 Å². The molecule has 0 bridgehead atoms. The fraction of sp³-hybridized carbons (Fsp3) is 0.719. The number of ether oxygens (including phenoxy) is 9. The monoisotopic (exact) mass is 2250 g/mol. The number of nitrogens with zero attached hydrogens (tertiary/aromatic N) is 2. The van der Waals surface area contributed by atoms with Gasteiger partial charge in [0.05, 0.1) is 80.1 Å². The molecule has 2 radical (unpaired) electrons. The number of Topliss-reactive ketones (excluding diaryl/α,β-unsaturated/α-hetero) is 1. The molecule has 0 spiro atoms. The maximum absolute atomic E-state index is 11.9. The lowest BCUT2D eigenvalue weighted by Gasteiger charge is -2.24. The number of carboxylic acids is 1. The average molecular weight is 2250 g/mol. The van der Waals surface area contributed by atoms with Crippen LogP contribution in [0, 0.1) is 16.0 Å². The van der Waals surface area contributed by atoms with Crippen LogP contribution in [0.5, 0.6) is 0 Å². The number of nitrogens with two attached hydrogens (primary N) is 1. The van der Waals surface area contributed by atoms with Gasteiger partial charge in [-0.25, -0.2) is 14.4 Å². The summed E-state index contributed by atoms with van der Waals surface area (Å²) in [6.45, 7) is 58.2. The zero-order valence-corrected chi connectivity index (χ0v) is 93.0. The lowest BCUT2D eigenvalue weighted by molar-refractivity contribution is -0.197. The molecule has 2 rings (SSSR count). The molecule has 1 aliphatic rings. The van der Waals surface area contributed by atoms with Gasteiger partial charge >= 0.3 is 106 Å². The smallest absolute Gasteiger partial charge is 0.407 e. The highest BCUT2D eigenvalue weighted by molar-refractivity contribution is 14.1. The average Bonchev–Trinajstić information content (AvgIpc) is 1.72. The summed E-state index contributed by atoms with van der Waals surface area (Å²) in [5, 5.41) is 64.1. The van der Waals surface area contributed by atoms with Crippen LogP contribution in [0.2, 0.25) is 20.5 Å². The van der Waals surface area contributed by atoms with E-state index in [-0.39, 0.29) is 119 Å². The van der Waals surface area contributed by atoms with Gasteiger partial charge in [-0.05, 0) is 274 Å². The number of ketones is 1. The van der Waals surface area contributed by atoms with E-state index in [0.717, 1.165) is 37.6 Å². The van der Waals surface area contributed by atoms with Crippen LogP contribution in [0.25, 0.3) is 0 Å². The number of aryl methyl sites for hydroxylation is 1. The minimum absolute atomic E-state index is 0.000620. The highest BCUT2D eigenvalue weighted by Crippen LogP contribution is 2.21. The molecule has 1 heterocycles. The minimum atomic E-state index is -1.22. The van der Waals surface area contributed by atoms with Crippen LogP contribution in [0.4, 0.5) is 15.3 Å². The molecule has 1 aromatic carbocycles. The van der Waals surface area contributed by atoms with E-state index in [1.807, 2.05) is 94.4 Å². The number of alkyl carbamates (subject to hydrolysis) is 2. The topological polar surface area (TPSA) is 686 Å². The molecule has 0 aromatic heterocycles. The Morgan fingerprint density at radius 2 is 0.775 bits per heavy atom. The number of alkyl halides is 1. The van der Waals surface area contributed by atoms with Gasteiger partial charge in [0.2, 0.25) is 0 Å². The number of nitrogen functional groups attached to an aromatic ring is 1. The second-order valence-electron chi connectivity index (χ2n) is 39.9. The molecule has 1 saturated heterocycles. The van der Waals surface area contributed by atoms with Gasteiger partial charge in [0, 0.05) is 63.3 Å². The number of carboxylic acid groups (broad SMARTS) is 1. The number of carbonyl (C=O) groups excluding carboxylic acids is 19. The molecule has 4 amide bonds. The Hall–Kier alpha value is -9.50. The number of carbonyl (C=O) groups is 16. The van der Waals surface area contributed by atoms with Crippen molar-refractivity contribution in [1.82, 2.24) is 41.8 Å². The van der Waals surface area contributed by atoms with Gasteiger partial charge in [-0.1, -0.05) is 42.5 Å². The van der Waals surface area contributed by atoms with Crippen LogP contribution < -0.4 is 42.5 Å². The molecule has 53 heteroatoms. The standard InChI is InChI=1S/C14H23BN2O7.C14H26INO4.C14H27NO5.C10H16BN3O4.C10H22BNO3.C9H15BNO5.C9H20BNO3.C7H8IN.2CO2/c1-14(2,3)23-12(20)7-9(16-15(4)22)8-13(21)24-17-10(18)5-6-11(17)19;1-13(2,3)19-11(17)9-10(7-8-15)16-12(18)20-14(4,5)6;1-13(2,3)19-11(17)9-10(7-8-16)15-12(18)20-14(4,5)6;1-10(2,3)18-9(17)4-7(14-11-6-15)8(16)5-13-12;1-6-8(12-11(5)14)7-9(13)15-10(2,3)4;1-9(2,3)16-7(13)4-6(8(14)15)11-10-5-12;1-7(11-10(5)13)6-8(12)14-9(2,3)4;1-5-2-3-6(9)4-7(5)8;2*2-1-3/h9,16,22H,5-8H2,1-4H3;10H,7-9H2,1-6H3,(H,16,18);10,16H,7-9H2,1-6H3,(H,15,18);5-7,12,14H,4H2,1-3H3;8,12,14H,6-7H2,1-5H3;5-6,11H,4H2,1-3H3,(H,14,15);7,11,13H,6H2,1-5H3;2-4H,9H2,1H3;;/q;;;+1;;;;;;/t9-;2*10-;7-;8-;6-;7-;;;/m1001010.../s1. The van der Waals surface area contributed by atoms with Crippen molar-refractivity contribution in [3.8, 4) is 0 Å². The van der Waals surface area contributed by atoms with E-state index in [9.17, 15) is 81.7 Å². The Bertz CT molecular complexity index is 3950. The Morgan fingerprint density at radius 1 is 0.486 bits per heavy atom. The van der Waals surface area contributed by atoms with Gasteiger partial charge in [0.1, 0.15) is 56.5 Å². The molecule has 0 aliphatic carbocycles. The first-order valence-corrected chi connectivity index (χ1v) is 47.6. The van der Waals surface area contributed by atoms with Gasteiger partial charge < -0.3 is 125 Å². The molecule has 0 unspecified atom stereocenters. The number of hydrogen-bond acceptors (Lipinski definition) is 41. The van der Waals surface area contributed by atoms with Crippen molar-refractivity contribution < 1.29 is 173 Å². The summed E-state index contributed by atoms with van der Waals surface area (Å²) in [4.78, 5) is 222. The summed E-state index contributed by atoms with van der Waals surface area (Å²) in [6.07, 6.45) is 2.37. The number of halogens is 2. The number of imide groups is 1. The summed E-state index contributed by atoms with van der Waals surface area (Å²) in [5.74, 6) is -6.81. The number of hydroxylamine groups is 2. The van der Waals surface area contributed by atoms with E-state index in [1.165, 1.54) is 16.0 Å². The maximum atomic E-state index is 11.9. The molecule has 1 aliphatic heterocycles. The van der Waals surface area contributed by atoms with Crippen LogP contribution in [0.3, 0.4) is 0 Å². The number of nitrogens with one attached hydrogen (secondary N) is 8. The van der Waals surface area contributed by atoms with Crippen molar-refractivity contribution in [1.29, 1.82) is 5.53 Å². The molecule has 1 fully saturated rings. The number of aliphatic carboxylic acids is 1. The summed E-state index contributed by atoms with van der Waals surface area (Å²) in [7, 11) is -0.237. The predicted molar refractivity (Wildman–Crippen MR) is 544 cm³/mol. The van der Waals surface area contributed by atoms with Crippen molar-refractivity contribution in [2.45, 2.75) is 404 Å². The second kappa shape index (κ2) is 76.1. The highest BCUT2D eigenvalue weighted by Gasteiger charge is 2.36. The number of aliphatic hydroxyl groups excluding tert-OH is 1. The third-order valence-corrected chi connectivity index (χ3v) is 16.3.